The largest absolute Gasteiger partial charge is 0.374 e. The third kappa shape index (κ3) is 4.63. The van der Waals surface area contributed by atoms with Crippen LogP contribution in [0.2, 0.25) is 0 Å². The van der Waals surface area contributed by atoms with Crippen molar-refractivity contribution in [1.82, 2.24) is 9.80 Å². The van der Waals surface area contributed by atoms with Crippen LogP contribution in [-0.4, -0.2) is 61.3 Å². The van der Waals surface area contributed by atoms with Gasteiger partial charge in [0.25, 0.3) is 0 Å². The molecule has 0 radical (unpaired) electrons. The average molecular weight is 239 g/mol. The van der Waals surface area contributed by atoms with Crippen molar-refractivity contribution >= 4 is 0 Å². The maximum Gasteiger partial charge on any atom is 0.0829 e. The van der Waals surface area contributed by atoms with Gasteiger partial charge in [-0.3, -0.25) is 4.90 Å². The van der Waals surface area contributed by atoms with Crippen LogP contribution in [0.3, 0.4) is 0 Å². The number of likely N-dealkylation sites (N-methyl/N-ethyl adjacent to an activating group) is 1. The fraction of sp³-hybridized carbons (Fsp3) is 0.923. The van der Waals surface area contributed by atoms with E-state index in [0.717, 1.165) is 26.2 Å². The summed E-state index contributed by atoms with van der Waals surface area (Å²) in [6.45, 7) is 10.3. The van der Waals surface area contributed by atoms with E-state index in [0.29, 0.717) is 18.5 Å². The first-order chi connectivity index (χ1) is 8.04. The van der Waals surface area contributed by atoms with Crippen LogP contribution in [0.5, 0.6) is 0 Å². The van der Waals surface area contributed by atoms with Gasteiger partial charge in [-0.25, -0.2) is 0 Å². The van der Waals surface area contributed by atoms with Crippen molar-refractivity contribution in [2.45, 2.75) is 45.4 Å². The van der Waals surface area contributed by atoms with E-state index in [1.165, 1.54) is 0 Å². The van der Waals surface area contributed by atoms with Crippen molar-refractivity contribution in [3.63, 3.8) is 0 Å². The van der Waals surface area contributed by atoms with Gasteiger partial charge in [0.1, 0.15) is 0 Å². The molecular weight excluding hydrogens is 214 g/mol. The molecule has 1 heterocycles. The second-order valence-electron chi connectivity index (χ2n) is 5.23. The molecule has 0 aromatic heterocycles. The van der Waals surface area contributed by atoms with Gasteiger partial charge in [0.05, 0.1) is 25.2 Å². The van der Waals surface area contributed by atoms with E-state index in [1.807, 2.05) is 0 Å². The topological polar surface area (TPSA) is 39.5 Å². The molecule has 4 heteroatoms. The summed E-state index contributed by atoms with van der Waals surface area (Å²) in [7, 11) is 2.07. The van der Waals surface area contributed by atoms with Crippen LogP contribution in [0.1, 0.15) is 27.2 Å². The van der Waals surface area contributed by atoms with Gasteiger partial charge < -0.3 is 9.64 Å². The second kappa shape index (κ2) is 6.95. The van der Waals surface area contributed by atoms with Crippen molar-refractivity contribution in [3.05, 3.63) is 0 Å². The molecule has 2 unspecified atom stereocenters. The van der Waals surface area contributed by atoms with Crippen molar-refractivity contribution in [2.75, 3.05) is 33.3 Å². The maximum atomic E-state index is 8.69. The van der Waals surface area contributed by atoms with Gasteiger partial charge in [0.2, 0.25) is 0 Å². The van der Waals surface area contributed by atoms with E-state index >= 15 is 0 Å². The SMILES string of the molecule is CC(CC#N)N(C)CC1CN(C(C)C)CCO1. The molecule has 0 aliphatic carbocycles. The molecule has 0 aromatic rings. The van der Waals surface area contributed by atoms with Crippen LogP contribution >= 0.6 is 0 Å². The molecule has 98 valence electrons. The van der Waals surface area contributed by atoms with Gasteiger partial charge in [-0.2, -0.15) is 5.26 Å². The molecule has 1 saturated heterocycles. The Kier molecular flexibility index (Phi) is 5.90. The normalized spacial score (nSPS) is 23.9. The van der Waals surface area contributed by atoms with E-state index < -0.39 is 0 Å². The zero-order valence-corrected chi connectivity index (χ0v) is 11.5. The van der Waals surface area contributed by atoms with Gasteiger partial charge >= 0.3 is 0 Å². The zero-order chi connectivity index (χ0) is 12.8. The maximum absolute atomic E-state index is 8.69. The molecule has 17 heavy (non-hydrogen) atoms. The fourth-order valence-electron chi connectivity index (χ4n) is 2.11. The summed E-state index contributed by atoms with van der Waals surface area (Å²) in [5, 5.41) is 8.69. The molecule has 0 bridgehead atoms. The molecule has 0 spiro atoms. The smallest absolute Gasteiger partial charge is 0.0829 e. The van der Waals surface area contributed by atoms with Crippen LogP contribution in [-0.2, 0) is 4.74 Å². The summed E-state index contributed by atoms with van der Waals surface area (Å²) < 4.78 is 5.79. The van der Waals surface area contributed by atoms with Gasteiger partial charge in [0.15, 0.2) is 0 Å². The number of morpholine rings is 1. The van der Waals surface area contributed by atoms with Crippen molar-refractivity contribution in [3.8, 4) is 6.07 Å². The minimum atomic E-state index is 0.275. The van der Waals surface area contributed by atoms with Gasteiger partial charge in [-0.15, -0.1) is 0 Å². The molecule has 1 aliphatic heterocycles. The quantitative estimate of drug-likeness (QED) is 0.725. The summed E-state index contributed by atoms with van der Waals surface area (Å²) in [5.74, 6) is 0. The molecule has 1 rings (SSSR count). The first-order valence-electron chi connectivity index (χ1n) is 6.47. The van der Waals surface area contributed by atoms with Crippen molar-refractivity contribution < 1.29 is 4.74 Å². The molecule has 1 aliphatic rings. The summed E-state index contributed by atoms with van der Waals surface area (Å²) >= 11 is 0. The summed E-state index contributed by atoms with van der Waals surface area (Å²) in [6, 6.07) is 3.11. The van der Waals surface area contributed by atoms with Crippen LogP contribution in [0, 0.1) is 11.3 Å². The monoisotopic (exact) mass is 239 g/mol. The predicted molar refractivity (Wildman–Crippen MR) is 68.8 cm³/mol. The van der Waals surface area contributed by atoms with Crippen molar-refractivity contribution in [2.24, 2.45) is 0 Å². The van der Waals surface area contributed by atoms with Crippen LogP contribution in [0.15, 0.2) is 0 Å². The van der Waals surface area contributed by atoms with Crippen LogP contribution < -0.4 is 0 Å². The lowest BCUT2D eigenvalue weighted by Gasteiger charge is -2.37. The summed E-state index contributed by atoms with van der Waals surface area (Å²) in [4.78, 5) is 4.68. The molecule has 0 N–H and O–H groups in total. The molecule has 2 atom stereocenters. The van der Waals surface area contributed by atoms with E-state index in [1.54, 1.807) is 0 Å². The minimum Gasteiger partial charge on any atom is -0.374 e. The van der Waals surface area contributed by atoms with E-state index in [-0.39, 0.29) is 6.10 Å². The van der Waals surface area contributed by atoms with E-state index in [2.05, 4.69) is 43.7 Å². The lowest BCUT2D eigenvalue weighted by molar-refractivity contribution is -0.0527. The Balaban J connectivity index is 2.38. The number of nitriles is 1. The highest BCUT2D eigenvalue weighted by molar-refractivity contribution is 4.82. The third-order valence-electron chi connectivity index (χ3n) is 3.53. The number of hydrogen-bond acceptors (Lipinski definition) is 4. The number of hydrogen-bond donors (Lipinski definition) is 0. The molecule has 4 nitrogen and oxygen atoms in total. The summed E-state index contributed by atoms with van der Waals surface area (Å²) in [5.41, 5.74) is 0. The fourth-order valence-corrected chi connectivity index (χ4v) is 2.11. The third-order valence-corrected chi connectivity index (χ3v) is 3.53. The van der Waals surface area contributed by atoms with Gasteiger partial charge in [-0.05, 0) is 27.8 Å². The highest BCUT2D eigenvalue weighted by atomic mass is 16.5. The van der Waals surface area contributed by atoms with Crippen molar-refractivity contribution in [1.29, 1.82) is 5.26 Å². The number of nitrogens with zero attached hydrogens (tertiary/aromatic N) is 3. The van der Waals surface area contributed by atoms with Crippen LogP contribution in [0.25, 0.3) is 0 Å². The van der Waals surface area contributed by atoms with E-state index in [4.69, 9.17) is 10.00 Å². The molecule has 0 amide bonds. The number of rotatable bonds is 5. The second-order valence-corrected chi connectivity index (χ2v) is 5.23. The summed E-state index contributed by atoms with van der Waals surface area (Å²) in [6.07, 6.45) is 0.856. The van der Waals surface area contributed by atoms with Gasteiger partial charge in [0, 0.05) is 31.7 Å². The Hall–Kier alpha value is -0.630. The Labute approximate surface area is 105 Å². The lowest BCUT2D eigenvalue weighted by atomic mass is 10.1. The standard InChI is InChI=1S/C13H25N3O/c1-11(2)16-7-8-17-13(10-16)9-15(4)12(3)5-6-14/h11-13H,5,7-10H2,1-4H3. The van der Waals surface area contributed by atoms with Gasteiger partial charge in [-0.1, -0.05) is 0 Å². The Morgan fingerprint density at radius 3 is 2.76 bits per heavy atom. The highest BCUT2D eigenvalue weighted by Gasteiger charge is 2.24. The molecular formula is C13H25N3O. The van der Waals surface area contributed by atoms with Crippen LogP contribution in [0.4, 0.5) is 0 Å². The number of ether oxygens (including phenoxy) is 1. The Morgan fingerprint density at radius 2 is 2.18 bits per heavy atom. The first-order valence-corrected chi connectivity index (χ1v) is 6.47. The molecule has 0 aromatic carbocycles. The zero-order valence-electron chi connectivity index (χ0n) is 11.5. The Bertz CT molecular complexity index is 262. The minimum absolute atomic E-state index is 0.275. The first kappa shape index (κ1) is 14.4. The average Bonchev–Trinajstić information content (AvgIpc) is 2.29. The lowest BCUT2D eigenvalue weighted by Crippen LogP contribution is -2.50. The molecule has 0 saturated carbocycles. The highest BCUT2D eigenvalue weighted by Crippen LogP contribution is 2.11. The molecule has 1 fully saturated rings. The Morgan fingerprint density at radius 1 is 1.47 bits per heavy atom. The van der Waals surface area contributed by atoms with E-state index in [9.17, 15) is 0 Å². The predicted octanol–water partition coefficient (Wildman–Crippen LogP) is 1.33.